The van der Waals surface area contributed by atoms with E-state index in [4.69, 9.17) is 14.2 Å². The summed E-state index contributed by atoms with van der Waals surface area (Å²) in [5, 5.41) is 57.0. The molecule has 478 valence electrons. The first-order valence-electron chi connectivity index (χ1n) is 33.5. The number of allylic oxidation sites excluding steroid dienone is 21. The average molecular weight is 1170 g/mol. The Morgan fingerprint density at radius 2 is 0.905 bits per heavy atom. The van der Waals surface area contributed by atoms with Gasteiger partial charge in [0.25, 0.3) is 0 Å². The van der Waals surface area contributed by atoms with Crippen LogP contribution in [-0.4, -0.2) is 99.6 Å². The van der Waals surface area contributed by atoms with Crippen LogP contribution in [0.5, 0.6) is 0 Å². The highest BCUT2D eigenvalue weighted by atomic mass is 16.7. The van der Waals surface area contributed by atoms with E-state index in [9.17, 15) is 35.1 Å². The van der Waals surface area contributed by atoms with E-state index in [0.29, 0.717) is 12.8 Å². The van der Waals surface area contributed by atoms with Crippen molar-refractivity contribution in [1.29, 1.82) is 0 Å². The third-order valence-corrected chi connectivity index (χ3v) is 14.9. The molecule has 1 rings (SSSR count). The van der Waals surface area contributed by atoms with Gasteiger partial charge in [-0.1, -0.05) is 289 Å². The van der Waals surface area contributed by atoms with Gasteiger partial charge in [-0.25, -0.2) is 0 Å². The quantitative estimate of drug-likeness (QED) is 0.0149. The van der Waals surface area contributed by atoms with E-state index in [2.05, 4.69) is 80.8 Å². The van der Waals surface area contributed by atoms with Crippen LogP contribution >= 0.6 is 0 Å². The first-order chi connectivity index (χ1) is 41.2. The molecule has 84 heavy (non-hydrogen) atoms. The van der Waals surface area contributed by atoms with Gasteiger partial charge < -0.3 is 45.1 Å². The summed E-state index contributed by atoms with van der Waals surface area (Å²) in [4.78, 5) is 26.6. The molecule has 11 heteroatoms. The van der Waals surface area contributed by atoms with Crippen LogP contribution in [0.2, 0.25) is 0 Å². The number of amides is 1. The Bertz CT molecular complexity index is 1880. The number of hydrogen-bond acceptors (Lipinski definition) is 10. The number of carbonyl (C=O) groups is 2. The maximum Gasteiger partial charge on any atom is 0.306 e. The summed E-state index contributed by atoms with van der Waals surface area (Å²) < 4.78 is 17.6. The molecular weight excluding hydrogens is 1050 g/mol. The van der Waals surface area contributed by atoms with Crippen LogP contribution in [0.1, 0.15) is 252 Å². The van der Waals surface area contributed by atoms with Crippen molar-refractivity contribution in [2.24, 2.45) is 0 Å². The minimum atomic E-state index is -1.63. The number of nitrogens with one attached hydrogen (secondary N) is 1. The molecule has 1 fully saturated rings. The van der Waals surface area contributed by atoms with Crippen molar-refractivity contribution in [3.05, 3.63) is 134 Å². The maximum absolute atomic E-state index is 13.4. The van der Waals surface area contributed by atoms with Crippen LogP contribution in [0.3, 0.4) is 0 Å². The normalized spacial score (nSPS) is 19.4. The molecule has 8 atom stereocenters. The Labute approximate surface area is 512 Å². The van der Waals surface area contributed by atoms with Crippen molar-refractivity contribution in [2.45, 2.75) is 301 Å². The van der Waals surface area contributed by atoms with Crippen LogP contribution in [0.15, 0.2) is 134 Å². The van der Waals surface area contributed by atoms with E-state index in [1.807, 2.05) is 72.9 Å². The van der Waals surface area contributed by atoms with Gasteiger partial charge in [0.05, 0.1) is 25.4 Å². The molecule has 1 aliphatic heterocycles. The monoisotopic (exact) mass is 1170 g/mol. The zero-order valence-electron chi connectivity index (χ0n) is 53.0. The lowest BCUT2D eigenvalue weighted by molar-refractivity contribution is -0.305. The summed E-state index contributed by atoms with van der Waals surface area (Å²) in [5.41, 5.74) is 0. The van der Waals surface area contributed by atoms with Crippen molar-refractivity contribution in [2.75, 3.05) is 13.2 Å². The average Bonchev–Trinajstić information content (AvgIpc) is 3.54. The molecule has 0 radical (unpaired) electrons. The third-order valence-electron chi connectivity index (χ3n) is 14.9. The predicted molar refractivity (Wildman–Crippen MR) is 351 cm³/mol. The topological polar surface area (TPSA) is 175 Å². The predicted octanol–water partition coefficient (Wildman–Crippen LogP) is 16.8. The van der Waals surface area contributed by atoms with Gasteiger partial charge in [-0.05, 0) is 89.9 Å². The largest absolute Gasteiger partial charge is 0.454 e. The van der Waals surface area contributed by atoms with Crippen molar-refractivity contribution >= 4 is 11.9 Å². The van der Waals surface area contributed by atoms with Gasteiger partial charge in [-0.15, -0.1) is 0 Å². The van der Waals surface area contributed by atoms with Crippen LogP contribution in [0.25, 0.3) is 0 Å². The summed E-state index contributed by atoms with van der Waals surface area (Å²) in [6, 6.07) is -1.06. The standard InChI is InChI=1S/C73H121NO10/c1-4-7-10-13-16-19-22-25-27-29-30-31-32-33-34-35-36-37-38-39-41-43-46-49-52-55-58-61-68(78)84-71-70(80)69(79)67(62-75)83-73(71)82-63-64(65(76)59-56-53-50-47-44-24-21-18-15-12-9-6-3)74-72(81)66(77)60-57-54-51-48-45-42-40-28-26-23-20-17-14-11-8-5-2/h8,11,14,16-17,19-20,23,25-28,30-31,33-34,40,42,45,48,56,59,64-67,69-71,73,75-77,79-80H,4-7,9-10,12-13,15,18,21-22,24,29,32,35-39,41,43-44,46-47,49-55,57-58,60-63H2,1-3H3,(H,74,81)/b11-8-,17-14+,19-16-,23-20+,27-25-,28-26-,31-30-,34-33-,42-40+,48-45+,59-56+. The lowest BCUT2D eigenvalue weighted by Gasteiger charge is -2.41. The number of rotatable bonds is 55. The number of carbonyl (C=O) groups excluding carboxylic acids is 2. The van der Waals surface area contributed by atoms with Gasteiger partial charge >= 0.3 is 5.97 Å². The zero-order chi connectivity index (χ0) is 61.0. The molecule has 0 aromatic rings. The van der Waals surface area contributed by atoms with Crippen molar-refractivity contribution in [3.63, 3.8) is 0 Å². The van der Waals surface area contributed by atoms with Crippen LogP contribution in [0, 0.1) is 0 Å². The molecule has 1 aliphatic rings. The Balaban J connectivity index is 2.61. The summed E-state index contributed by atoms with van der Waals surface area (Å²) in [6.07, 6.45) is 73.5. The first kappa shape index (κ1) is 77.8. The number of esters is 1. The number of hydrogen-bond donors (Lipinski definition) is 6. The van der Waals surface area contributed by atoms with Crippen LogP contribution in [0.4, 0.5) is 0 Å². The fourth-order valence-corrected chi connectivity index (χ4v) is 9.67. The summed E-state index contributed by atoms with van der Waals surface area (Å²) in [5.74, 6) is -1.25. The van der Waals surface area contributed by atoms with Crippen LogP contribution in [-0.2, 0) is 23.8 Å². The highest BCUT2D eigenvalue weighted by Crippen LogP contribution is 2.26. The molecule has 11 nitrogen and oxygen atoms in total. The number of ether oxygens (including phenoxy) is 3. The molecule has 8 unspecified atom stereocenters. The van der Waals surface area contributed by atoms with Crippen molar-refractivity contribution < 1.29 is 49.3 Å². The molecule has 0 spiro atoms. The minimum absolute atomic E-state index is 0.106. The van der Waals surface area contributed by atoms with E-state index >= 15 is 0 Å². The SMILES string of the molecule is CC\C=C/C=C/C=C/C=C\C=C\C=C\CCCCC(O)C(=O)NC(COC1OC(CO)C(O)C(O)C1OC(=O)CCCCCCCCCCCCC/C=C\C/C=C\C/C=C\C/C=C\CCCCC)C(O)/C=C/CCCCCCCCCCCC. The molecule has 0 bridgehead atoms. The lowest BCUT2D eigenvalue weighted by atomic mass is 9.99. The lowest BCUT2D eigenvalue weighted by Crippen LogP contribution is -2.61. The molecule has 0 aliphatic carbocycles. The zero-order valence-corrected chi connectivity index (χ0v) is 53.0. The molecule has 1 saturated heterocycles. The Morgan fingerprint density at radius 1 is 0.488 bits per heavy atom. The molecule has 0 aromatic carbocycles. The van der Waals surface area contributed by atoms with Gasteiger partial charge in [0, 0.05) is 6.42 Å². The van der Waals surface area contributed by atoms with Gasteiger partial charge in [-0.3, -0.25) is 9.59 Å². The van der Waals surface area contributed by atoms with E-state index in [-0.39, 0.29) is 19.4 Å². The molecule has 0 aromatic heterocycles. The molecular formula is C73H121NO10. The minimum Gasteiger partial charge on any atom is -0.454 e. The fourth-order valence-electron chi connectivity index (χ4n) is 9.67. The number of aliphatic hydroxyl groups is 5. The Morgan fingerprint density at radius 3 is 1.42 bits per heavy atom. The first-order valence-corrected chi connectivity index (χ1v) is 33.5. The maximum atomic E-state index is 13.4. The molecule has 1 amide bonds. The third kappa shape index (κ3) is 46.1. The highest BCUT2D eigenvalue weighted by Gasteiger charge is 2.47. The van der Waals surface area contributed by atoms with E-state index in [1.54, 1.807) is 6.08 Å². The smallest absolute Gasteiger partial charge is 0.306 e. The van der Waals surface area contributed by atoms with Gasteiger partial charge in [0.1, 0.15) is 24.4 Å². The molecule has 0 saturated carbocycles. The number of unbranched alkanes of at least 4 members (excludes halogenated alkanes) is 26. The second kappa shape index (κ2) is 59.1. The summed E-state index contributed by atoms with van der Waals surface area (Å²) in [6.45, 7) is 5.58. The molecule has 1 heterocycles. The van der Waals surface area contributed by atoms with E-state index in [1.165, 1.54) is 109 Å². The van der Waals surface area contributed by atoms with Crippen molar-refractivity contribution in [3.8, 4) is 0 Å². The highest BCUT2D eigenvalue weighted by molar-refractivity contribution is 5.80. The van der Waals surface area contributed by atoms with Crippen molar-refractivity contribution in [1.82, 2.24) is 5.32 Å². The van der Waals surface area contributed by atoms with Crippen LogP contribution < -0.4 is 5.32 Å². The number of aliphatic hydroxyl groups excluding tert-OH is 5. The Hall–Kier alpha value is -4.20. The van der Waals surface area contributed by atoms with E-state index < -0.39 is 67.4 Å². The Kier molecular flexibility index (Phi) is 54.8. The van der Waals surface area contributed by atoms with Gasteiger partial charge in [-0.2, -0.15) is 0 Å². The van der Waals surface area contributed by atoms with Gasteiger partial charge in [0.2, 0.25) is 5.91 Å². The molecule has 6 N–H and O–H groups in total. The van der Waals surface area contributed by atoms with Gasteiger partial charge in [0.15, 0.2) is 12.4 Å². The fraction of sp³-hybridized carbons (Fsp3) is 0.671. The second-order valence-electron chi connectivity index (χ2n) is 22.6. The second-order valence-corrected chi connectivity index (χ2v) is 22.6. The summed E-state index contributed by atoms with van der Waals surface area (Å²) >= 11 is 0. The summed E-state index contributed by atoms with van der Waals surface area (Å²) in [7, 11) is 0. The van der Waals surface area contributed by atoms with E-state index in [0.717, 1.165) is 96.3 Å².